The lowest BCUT2D eigenvalue weighted by Crippen LogP contribution is -1.88. The molecule has 116 valence electrons. The fraction of sp³-hybridized carbons (Fsp3) is 0. The smallest absolute Gasteiger partial charge is 0.0428 e. The van der Waals surface area contributed by atoms with Gasteiger partial charge >= 0.3 is 0 Å². The van der Waals surface area contributed by atoms with Crippen LogP contribution in [0.25, 0.3) is 43.5 Å². The summed E-state index contributed by atoms with van der Waals surface area (Å²) in [6, 6.07) is 11.3. The van der Waals surface area contributed by atoms with Gasteiger partial charge in [0.2, 0.25) is 0 Å². The maximum Gasteiger partial charge on any atom is 0.0428 e. The monoisotopic (exact) mass is 380 g/mol. The Balaban J connectivity index is 1.97. The molecule has 0 saturated carbocycles. The summed E-state index contributed by atoms with van der Waals surface area (Å²) in [5, 5.41) is 16.8. The predicted octanol–water partition coefficient (Wildman–Crippen LogP) is 8.09. The van der Waals surface area contributed by atoms with Gasteiger partial charge in [0.05, 0.1) is 0 Å². The standard InChI is InChI=1S/C20H12S4/c1-5-21-10-14(1)17-9-13-4-8-24-20(13)19(16-3-7-23-12-16)18(17)15-2-6-22-11-15/h1-12H. The molecule has 4 aromatic heterocycles. The molecule has 0 N–H and O–H groups in total. The van der Waals surface area contributed by atoms with Gasteiger partial charge in [-0.05, 0) is 101 Å². The van der Waals surface area contributed by atoms with Crippen LogP contribution in [0.3, 0.4) is 0 Å². The van der Waals surface area contributed by atoms with E-state index in [1.807, 2.05) is 11.3 Å². The van der Waals surface area contributed by atoms with E-state index in [1.54, 1.807) is 34.0 Å². The van der Waals surface area contributed by atoms with Gasteiger partial charge in [-0.15, -0.1) is 11.3 Å². The van der Waals surface area contributed by atoms with Crippen molar-refractivity contribution in [3.63, 3.8) is 0 Å². The molecule has 0 aliphatic heterocycles. The number of benzene rings is 1. The third kappa shape index (κ3) is 2.30. The molecule has 0 fully saturated rings. The molecule has 0 spiro atoms. The van der Waals surface area contributed by atoms with Gasteiger partial charge in [0.25, 0.3) is 0 Å². The molecule has 24 heavy (non-hydrogen) atoms. The van der Waals surface area contributed by atoms with Crippen LogP contribution in [0.5, 0.6) is 0 Å². The van der Waals surface area contributed by atoms with Crippen LogP contribution < -0.4 is 0 Å². The molecule has 0 nitrogen and oxygen atoms in total. The molecule has 0 saturated heterocycles. The maximum absolute atomic E-state index is 2.36. The minimum atomic E-state index is 1.31. The Bertz CT molecular complexity index is 1080. The quantitative estimate of drug-likeness (QED) is 0.297. The Kier molecular flexibility index (Phi) is 3.64. The fourth-order valence-electron chi connectivity index (χ4n) is 3.15. The first kappa shape index (κ1) is 14.6. The first-order chi connectivity index (χ1) is 11.9. The van der Waals surface area contributed by atoms with Crippen molar-refractivity contribution in [2.24, 2.45) is 0 Å². The molecule has 4 heterocycles. The van der Waals surface area contributed by atoms with Crippen molar-refractivity contribution in [1.82, 2.24) is 0 Å². The van der Waals surface area contributed by atoms with E-state index in [4.69, 9.17) is 0 Å². The third-order valence-electron chi connectivity index (χ3n) is 4.19. The van der Waals surface area contributed by atoms with Crippen LogP contribution in [0.2, 0.25) is 0 Å². The zero-order valence-electron chi connectivity index (χ0n) is 12.6. The second-order valence-corrected chi connectivity index (χ2v) is 8.81. The molecule has 0 amide bonds. The summed E-state index contributed by atoms with van der Waals surface area (Å²) in [6.07, 6.45) is 0. The van der Waals surface area contributed by atoms with E-state index in [2.05, 4.69) is 68.0 Å². The van der Waals surface area contributed by atoms with Crippen LogP contribution in [0.15, 0.2) is 68.0 Å². The number of rotatable bonds is 3. The number of hydrogen-bond acceptors (Lipinski definition) is 4. The van der Waals surface area contributed by atoms with Gasteiger partial charge in [-0.3, -0.25) is 0 Å². The lowest BCUT2D eigenvalue weighted by molar-refractivity contribution is 1.69. The summed E-state index contributed by atoms with van der Waals surface area (Å²) >= 11 is 7.13. The van der Waals surface area contributed by atoms with E-state index in [-0.39, 0.29) is 0 Å². The van der Waals surface area contributed by atoms with Crippen molar-refractivity contribution in [1.29, 1.82) is 0 Å². The second kappa shape index (κ2) is 5.97. The molecule has 0 atom stereocenters. The highest BCUT2D eigenvalue weighted by molar-refractivity contribution is 7.18. The zero-order valence-corrected chi connectivity index (χ0v) is 15.8. The Morgan fingerprint density at radius 1 is 0.583 bits per heavy atom. The average molecular weight is 381 g/mol. The van der Waals surface area contributed by atoms with Crippen molar-refractivity contribution in [2.45, 2.75) is 0 Å². The van der Waals surface area contributed by atoms with Crippen LogP contribution >= 0.6 is 45.3 Å². The number of thiophene rings is 4. The normalized spacial score (nSPS) is 11.3. The Morgan fingerprint density at radius 3 is 1.83 bits per heavy atom. The molecule has 5 rings (SSSR count). The van der Waals surface area contributed by atoms with E-state index in [1.165, 1.54) is 43.5 Å². The van der Waals surface area contributed by atoms with Crippen LogP contribution in [0, 0.1) is 0 Å². The molecule has 0 radical (unpaired) electrons. The molecule has 5 aromatic rings. The fourth-order valence-corrected chi connectivity index (χ4v) is 6.05. The highest BCUT2D eigenvalue weighted by Crippen LogP contribution is 2.47. The van der Waals surface area contributed by atoms with E-state index in [0.29, 0.717) is 0 Å². The second-order valence-electron chi connectivity index (χ2n) is 5.55. The molecular weight excluding hydrogens is 368 g/mol. The molecule has 0 bridgehead atoms. The van der Waals surface area contributed by atoms with Crippen molar-refractivity contribution >= 4 is 55.4 Å². The summed E-state index contributed by atoms with van der Waals surface area (Å²) in [7, 11) is 0. The van der Waals surface area contributed by atoms with Crippen LogP contribution in [0.1, 0.15) is 0 Å². The lowest BCUT2D eigenvalue weighted by atomic mass is 9.89. The molecule has 4 heteroatoms. The molecule has 0 aliphatic carbocycles. The van der Waals surface area contributed by atoms with Crippen LogP contribution in [0.4, 0.5) is 0 Å². The number of hydrogen-bond donors (Lipinski definition) is 0. The highest BCUT2D eigenvalue weighted by atomic mass is 32.1. The SMILES string of the molecule is c1cc(-c2cc3ccsc3c(-c3ccsc3)c2-c2ccsc2)cs1. The summed E-state index contributed by atoms with van der Waals surface area (Å²) in [6.45, 7) is 0. The van der Waals surface area contributed by atoms with Gasteiger partial charge in [0, 0.05) is 10.3 Å². The van der Waals surface area contributed by atoms with Gasteiger partial charge in [-0.2, -0.15) is 34.0 Å². The minimum absolute atomic E-state index is 1.31. The average Bonchev–Trinajstić information content (AvgIpc) is 3.43. The van der Waals surface area contributed by atoms with Crippen LogP contribution in [-0.4, -0.2) is 0 Å². The molecule has 0 aliphatic rings. The number of fused-ring (bicyclic) bond motifs is 1. The topological polar surface area (TPSA) is 0 Å². The van der Waals surface area contributed by atoms with Gasteiger partial charge in [0.1, 0.15) is 0 Å². The van der Waals surface area contributed by atoms with Crippen molar-refractivity contribution in [2.75, 3.05) is 0 Å². The molecule has 1 aromatic carbocycles. The summed E-state index contributed by atoms with van der Waals surface area (Å²) in [4.78, 5) is 0. The molecule has 0 unspecified atom stereocenters. The Hall–Kier alpha value is -1.72. The maximum atomic E-state index is 2.36. The highest BCUT2D eigenvalue weighted by Gasteiger charge is 2.19. The van der Waals surface area contributed by atoms with Crippen LogP contribution in [-0.2, 0) is 0 Å². The van der Waals surface area contributed by atoms with E-state index in [0.717, 1.165) is 0 Å². The summed E-state index contributed by atoms with van der Waals surface area (Å²) < 4.78 is 1.38. The first-order valence-electron chi connectivity index (χ1n) is 7.54. The van der Waals surface area contributed by atoms with E-state index in [9.17, 15) is 0 Å². The zero-order chi connectivity index (χ0) is 15.9. The molecular formula is C20H12S4. The third-order valence-corrected chi connectivity index (χ3v) is 7.19. The Morgan fingerprint density at radius 2 is 1.21 bits per heavy atom. The van der Waals surface area contributed by atoms with Crippen molar-refractivity contribution in [3.05, 3.63) is 68.0 Å². The van der Waals surface area contributed by atoms with E-state index < -0.39 is 0 Å². The van der Waals surface area contributed by atoms with Gasteiger partial charge in [0.15, 0.2) is 0 Å². The Labute approximate surface area is 156 Å². The minimum Gasteiger partial charge on any atom is -0.152 e. The summed E-state index contributed by atoms with van der Waals surface area (Å²) in [5.41, 5.74) is 8.03. The van der Waals surface area contributed by atoms with E-state index >= 15 is 0 Å². The van der Waals surface area contributed by atoms with Gasteiger partial charge in [-0.25, -0.2) is 0 Å². The van der Waals surface area contributed by atoms with Crippen molar-refractivity contribution in [3.8, 4) is 33.4 Å². The lowest BCUT2D eigenvalue weighted by Gasteiger charge is -2.15. The largest absolute Gasteiger partial charge is 0.152 e. The first-order valence-corrected chi connectivity index (χ1v) is 11.2. The summed E-state index contributed by atoms with van der Waals surface area (Å²) in [5.74, 6) is 0. The van der Waals surface area contributed by atoms with Crippen molar-refractivity contribution < 1.29 is 0 Å². The van der Waals surface area contributed by atoms with Gasteiger partial charge in [-0.1, -0.05) is 0 Å². The predicted molar refractivity (Wildman–Crippen MR) is 112 cm³/mol. The van der Waals surface area contributed by atoms with Gasteiger partial charge < -0.3 is 0 Å².